The summed E-state index contributed by atoms with van der Waals surface area (Å²) in [6, 6.07) is 10.7. The molecular formula is C14H19ClN4. The fourth-order valence-electron chi connectivity index (χ4n) is 2.59. The highest BCUT2D eigenvalue weighted by atomic mass is 35.5. The molecule has 19 heavy (non-hydrogen) atoms. The van der Waals surface area contributed by atoms with Gasteiger partial charge in [-0.1, -0.05) is 18.2 Å². The number of halogens is 1. The highest BCUT2D eigenvalue weighted by Crippen LogP contribution is 2.25. The van der Waals surface area contributed by atoms with Gasteiger partial charge in [0, 0.05) is 37.2 Å². The van der Waals surface area contributed by atoms with Gasteiger partial charge in [-0.3, -0.25) is 4.68 Å². The second-order valence-electron chi connectivity index (χ2n) is 4.81. The van der Waals surface area contributed by atoms with Crippen molar-refractivity contribution in [2.45, 2.75) is 19.0 Å². The second kappa shape index (κ2) is 6.08. The quantitative estimate of drug-likeness (QED) is 0.930. The number of fused-ring (bicyclic) bond motifs is 1. The minimum Gasteiger partial charge on any atom is -0.368 e. The zero-order valence-corrected chi connectivity index (χ0v) is 11.6. The third kappa shape index (κ3) is 3.08. The van der Waals surface area contributed by atoms with Gasteiger partial charge in [0.15, 0.2) is 0 Å². The molecule has 1 aliphatic heterocycles. The van der Waals surface area contributed by atoms with Crippen LogP contribution in [0.4, 0.5) is 5.69 Å². The SMILES string of the molecule is Cl.NC1Cc2ccccc2N(CCn2cccn2)C1. The van der Waals surface area contributed by atoms with E-state index in [0.29, 0.717) is 0 Å². The Kier molecular flexibility index (Phi) is 4.45. The Bertz CT molecular complexity index is 512. The first-order valence-electron chi connectivity index (χ1n) is 6.39. The van der Waals surface area contributed by atoms with E-state index in [1.165, 1.54) is 11.3 Å². The van der Waals surface area contributed by atoms with Crippen molar-refractivity contribution < 1.29 is 0 Å². The Hall–Kier alpha value is -1.52. The van der Waals surface area contributed by atoms with Crippen molar-refractivity contribution >= 4 is 18.1 Å². The third-order valence-electron chi connectivity index (χ3n) is 3.43. The summed E-state index contributed by atoms with van der Waals surface area (Å²) >= 11 is 0. The maximum atomic E-state index is 6.12. The number of nitrogens with two attached hydrogens (primary N) is 1. The molecule has 2 N–H and O–H groups in total. The molecule has 0 saturated heterocycles. The monoisotopic (exact) mass is 278 g/mol. The highest BCUT2D eigenvalue weighted by Gasteiger charge is 2.21. The summed E-state index contributed by atoms with van der Waals surface area (Å²) in [5.74, 6) is 0. The van der Waals surface area contributed by atoms with Crippen molar-refractivity contribution in [3.63, 3.8) is 0 Å². The zero-order valence-electron chi connectivity index (χ0n) is 10.8. The van der Waals surface area contributed by atoms with Gasteiger partial charge in [0.2, 0.25) is 0 Å². The molecule has 0 radical (unpaired) electrons. The van der Waals surface area contributed by atoms with Gasteiger partial charge in [-0.2, -0.15) is 5.10 Å². The first-order valence-corrected chi connectivity index (χ1v) is 6.39. The van der Waals surface area contributed by atoms with Crippen LogP contribution in [0.25, 0.3) is 0 Å². The van der Waals surface area contributed by atoms with Gasteiger partial charge in [0.25, 0.3) is 0 Å². The molecule has 1 unspecified atom stereocenters. The predicted molar refractivity (Wildman–Crippen MR) is 79.8 cm³/mol. The summed E-state index contributed by atoms with van der Waals surface area (Å²) in [6.45, 7) is 2.78. The lowest BCUT2D eigenvalue weighted by molar-refractivity contribution is 0.549. The Morgan fingerprint density at radius 3 is 2.84 bits per heavy atom. The van der Waals surface area contributed by atoms with Crippen molar-refractivity contribution in [3.05, 3.63) is 48.3 Å². The number of rotatable bonds is 3. The van der Waals surface area contributed by atoms with Gasteiger partial charge in [0.05, 0.1) is 6.54 Å². The Labute approximate surface area is 119 Å². The first kappa shape index (κ1) is 13.9. The van der Waals surface area contributed by atoms with Gasteiger partial charge in [-0.25, -0.2) is 0 Å². The van der Waals surface area contributed by atoms with Crippen LogP contribution in [0.15, 0.2) is 42.7 Å². The molecule has 0 spiro atoms. The minimum absolute atomic E-state index is 0. The smallest absolute Gasteiger partial charge is 0.0584 e. The number of benzene rings is 1. The van der Waals surface area contributed by atoms with E-state index >= 15 is 0 Å². The highest BCUT2D eigenvalue weighted by molar-refractivity contribution is 5.85. The summed E-state index contributed by atoms with van der Waals surface area (Å²) in [5, 5.41) is 4.23. The first-order chi connectivity index (χ1) is 8.83. The van der Waals surface area contributed by atoms with Crippen molar-refractivity contribution in [1.29, 1.82) is 0 Å². The zero-order chi connectivity index (χ0) is 12.4. The van der Waals surface area contributed by atoms with E-state index < -0.39 is 0 Å². The molecule has 4 nitrogen and oxygen atoms in total. The molecule has 0 saturated carbocycles. The lowest BCUT2D eigenvalue weighted by Gasteiger charge is -2.34. The van der Waals surface area contributed by atoms with Crippen LogP contribution in [0.1, 0.15) is 5.56 Å². The van der Waals surface area contributed by atoms with Crippen LogP contribution in [0.3, 0.4) is 0 Å². The van der Waals surface area contributed by atoms with E-state index in [4.69, 9.17) is 5.73 Å². The van der Waals surface area contributed by atoms with Crippen LogP contribution in [0.2, 0.25) is 0 Å². The van der Waals surface area contributed by atoms with E-state index in [-0.39, 0.29) is 18.4 Å². The van der Waals surface area contributed by atoms with Crippen LogP contribution in [-0.4, -0.2) is 28.9 Å². The van der Waals surface area contributed by atoms with E-state index in [1.54, 1.807) is 0 Å². The van der Waals surface area contributed by atoms with Crippen molar-refractivity contribution in [2.75, 3.05) is 18.0 Å². The Morgan fingerprint density at radius 2 is 2.05 bits per heavy atom. The van der Waals surface area contributed by atoms with Gasteiger partial charge in [-0.05, 0) is 24.1 Å². The summed E-state index contributed by atoms with van der Waals surface area (Å²) < 4.78 is 1.96. The van der Waals surface area contributed by atoms with E-state index in [1.807, 2.05) is 23.1 Å². The molecule has 5 heteroatoms. The summed E-state index contributed by atoms with van der Waals surface area (Å²) in [4.78, 5) is 2.37. The van der Waals surface area contributed by atoms with E-state index in [9.17, 15) is 0 Å². The minimum atomic E-state index is 0. The Morgan fingerprint density at radius 1 is 1.21 bits per heavy atom. The molecule has 0 fully saturated rings. The molecule has 2 heterocycles. The van der Waals surface area contributed by atoms with Crippen molar-refractivity contribution in [1.82, 2.24) is 9.78 Å². The maximum Gasteiger partial charge on any atom is 0.0584 e. The normalized spacial score (nSPS) is 17.7. The molecule has 1 atom stereocenters. The number of anilines is 1. The molecule has 2 aromatic rings. The molecule has 0 amide bonds. The summed E-state index contributed by atoms with van der Waals surface area (Å²) in [5.41, 5.74) is 8.81. The van der Waals surface area contributed by atoms with Crippen LogP contribution < -0.4 is 10.6 Å². The maximum absolute atomic E-state index is 6.12. The topological polar surface area (TPSA) is 47.1 Å². The van der Waals surface area contributed by atoms with E-state index in [2.05, 4.69) is 34.3 Å². The Balaban J connectivity index is 0.00000133. The van der Waals surface area contributed by atoms with Gasteiger partial charge >= 0.3 is 0 Å². The van der Waals surface area contributed by atoms with Gasteiger partial charge < -0.3 is 10.6 Å². The van der Waals surface area contributed by atoms with Crippen LogP contribution in [0.5, 0.6) is 0 Å². The number of para-hydroxylation sites is 1. The molecule has 1 aromatic carbocycles. The number of hydrogen-bond acceptors (Lipinski definition) is 3. The third-order valence-corrected chi connectivity index (χ3v) is 3.43. The largest absolute Gasteiger partial charge is 0.368 e. The standard InChI is InChI=1S/C14H18N4.ClH/c15-13-10-12-4-1-2-5-14(12)17(11-13)8-9-18-7-3-6-16-18;/h1-7,13H,8-11,15H2;1H. The second-order valence-corrected chi connectivity index (χ2v) is 4.81. The molecule has 0 aliphatic carbocycles. The number of nitrogens with zero attached hydrogens (tertiary/aromatic N) is 3. The molecule has 102 valence electrons. The average Bonchev–Trinajstić information content (AvgIpc) is 2.89. The average molecular weight is 279 g/mol. The fraction of sp³-hybridized carbons (Fsp3) is 0.357. The molecule has 1 aliphatic rings. The van der Waals surface area contributed by atoms with Crippen LogP contribution in [-0.2, 0) is 13.0 Å². The molecule has 1 aromatic heterocycles. The van der Waals surface area contributed by atoms with E-state index in [0.717, 1.165) is 26.1 Å². The number of hydrogen-bond donors (Lipinski definition) is 1. The van der Waals surface area contributed by atoms with Gasteiger partial charge in [-0.15, -0.1) is 12.4 Å². The molecule has 0 bridgehead atoms. The van der Waals surface area contributed by atoms with Crippen LogP contribution >= 0.6 is 12.4 Å². The predicted octanol–water partition coefficient (Wildman–Crippen LogP) is 1.69. The molecular weight excluding hydrogens is 260 g/mol. The summed E-state index contributed by atoms with van der Waals surface area (Å²) in [6.07, 6.45) is 4.79. The van der Waals surface area contributed by atoms with Crippen LogP contribution in [0, 0.1) is 0 Å². The lowest BCUT2D eigenvalue weighted by Crippen LogP contribution is -2.44. The molecule has 3 rings (SSSR count). The number of aromatic nitrogens is 2. The van der Waals surface area contributed by atoms with Gasteiger partial charge in [0.1, 0.15) is 0 Å². The van der Waals surface area contributed by atoms with Crippen molar-refractivity contribution in [3.8, 4) is 0 Å². The lowest BCUT2D eigenvalue weighted by atomic mass is 9.98. The van der Waals surface area contributed by atoms with Crippen molar-refractivity contribution in [2.24, 2.45) is 5.73 Å². The summed E-state index contributed by atoms with van der Waals surface area (Å²) in [7, 11) is 0. The fourth-order valence-corrected chi connectivity index (χ4v) is 2.59.